The van der Waals surface area contributed by atoms with Crippen LogP contribution in [0.5, 0.6) is 0 Å². The molecule has 0 fully saturated rings. The van der Waals surface area contributed by atoms with E-state index in [4.69, 9.17) is 11.6 Å². The van der Waals surface area contributed by atoms with Crippen LogP contribution in [0.25, 0.3) is 11.0 Å². The molecule has 0 atom stereocenters. The van der Waals surface area contributed by atoms with Gasteiger partial charge in [-0.2, -0.15) is 0 Å². The van der Waals surface area contributed by atoms with Crippen LogP contribution in [-0.4, -0.2) is 15.3 Å². The van der Waals surface area contributed by atoms with Gasteiger partial charge in [-0.1, -0.05) is 39.4 Å². The molecule has 2 nitrogen and oxygen atoms in total. The van der Waals surface area contributed by atoms with Gasteiger partial charge in [0.1, 0.15) is 5.15 Å². The van der Waals surface area contributed by atoms with Gasteiger partial charge in [-0.05, 0) is 18.2 Å². The summed E-state index contributed by atoms with van der Waals surface area (Å²) in [6, 6.07) is 5.68. The van der Waals surface area contributed by atoms with Crippen LogP contribution in [0.4, 0.5) is 0 Å². The third kappa shape index (κ3) is 2.47. The van der Waals surface area contributed by atoms with Gasteiger partial charge in [0.05, 0.1) is 22.6 Å². The minimum atomic E-state index is 0.396. The lowest BCUT2D eigenvalue weighted by molar-refractivity contribution is 1.29. The van der Waals surface area contributed by atoms with E-state index in [0.717, 1.165) is 16.6 Å². The average Bonchev–Trinajstić information content (AvgIpc) is 2.25. The molecule has 0 bridgehead atoms. The fraction of sp³-hybridized carbons (Fsp3) is 0.0909. The molecule has 0 unspecified atom stereocenters. The van der Waals surface area contributed by atoms with Crippen molar-refractivity contribution in [2.24, 2.45) is 0 Å². The van der Waals surface area contributed by atoms with Gasteiger partial charge in [-0.25, -0.2) is 4.98 Å². The molecular weight excluding hydrogens is 275 g/mol. The highest BCUT2D eigenvalue weighted by molar-refractivity contribution is 9.09. The number of aromatic nitrogens is 2. The van der Waals surface area contributed by atoms with Crippen molar-refractivity contribution in [3.05, 3.63) is 35.1 Å². The Labute approximate surface area is 101 Å². The van der Waals surface area contributed by atoms with Crippen molar-refractivity contribution in [3.8, 4) is 11.8 Å². The number of hydrogen-bond donors (Lipinski definition) is 0. The summed E-state index contributed by atoms with van der Waals surface area (Å²) in [4.78, 5) is 8.32. The second kappa shape index (κ2) is 4.61. The van der Waals surface area contributed by atoms with E-state index < -0.39 is 0 Å². The molecule has 4 heteroatoms. The molecule has 0 saturated heterocycles. The highest BCUT2D eigenvalue weighted by Crippen LogP contribution is 2.13. The second-order valence-electron chi connectivity index (χ2n) is 2.83. The van der Waals surface area contributed by atoms with Crippen molar-refractivity contribution in [2.45, 2.75) is 0 Å². The second-order valence-corrected chi connectivity index (χ2v) is 3.78. The highest BCUT2D eigenvalue weighted by atomic mass is 79.9. The molecule has 0 spiro atoms. The normalized spacial score (nSPS) is 9.73. The van der Waals surface area contributed by atoms with Crippen LogP contribution in [-0.2, 0) is 0 Å². The number of fused-ring (bicyclic) bond motifs is 1. The van der Waals surface area contributed by atoms with Crippen LogP contribution in [0, 0.1) is 11.8 Å². The molecule has 0 radical (unpaired) electrons. The first-order chi connectivity index (χ1) is 7.29. The van der Waals surface area contributed by atoms with Crippen LogP contribution in [0.3, 0.4) is 0 Å². The van der Waals surface area contributed by atoms with E-state index in [2.05, 4.69) is 37.7 Å². The van der Waals surface area contributed by atoms with E-state index in [0.29, 0.717) is 10.5 Å². The minimum Gasteiger partial charge on any atom is -0.251 e. The quantitative estimate of drug-likeness (QED) is 0.548. The van der Waals surface area contributed by atoms with Crippen LogP contribution in [0.2, 0.25) is 5.15 Å². The molecule has 0 N–H and O–H groups in total. The first-order valence-electron chi connectivity index (χ1n) is 4.27. The molecular formula is C11H6BrClN2. The van der Waals surface area contributed by atoms with E-state index in [-0.39, 0.29) is 0 Å². The number of alkyl halides is 1. The Hall–Kier alpha value is -1.11. The number of halogens is 2. The Bertz CT molecular complexity index is 557. The molecule has 1 aromatic carbocycles. The summed E-state index contributed by atoms with van der Waals surface area (Å²) in [6.07, 6.45) is 1.54. The molecule has 74 valence electrons. The van der Waals surface area contributed by atoms with Gasteiger partial charge in [-0.3, -0.25) is 4.98 Å². The summed E-state index contributed by atoms with van der Waals surface area (Å²) in [5, 5.41) is 1.06. The van der Waals surface area contributed by atoms with Crippen molar-refractivity contribution < 1.29 is 0 Å². The van der Waals surface area contributed by atoms with E-state index in [9.17, 15) is 0 Å². The van der Waals surface area contributed by atoms with Gasteiger partial charge in [0.15, 0.2) is 0 Å². The summed E-state index contributed by atoms with van der Waals surface area (Å²) in [7, 11) is 0. The maximum absolute atomic E-state index is 5.76. The molecule has 1 heterocycles. The first kappa shape index (κ1) is 10.4. The van der Waals surface area contributed by atoms with Crippen LogP contribution in [0.1, 0.15) is 5.56 Å². The Morgan fingerprint density at radius 2 is 2.20 bits per heavy atom. The third-order valence-corrected chi connectivity index (χ3v) is 2.27. The summed E-state index contributed by atoms with van der Waals surface area (Å²) in [6.45, 7) is 0. The standard InChI is InChI=1S/C11H6BrClN2/c12-5-1-2-8-3-4-9-10(6-8)15-11(13)7-14-9/h3-4,6-7H,5H2. The van der Waals surface area contributed by atoms with Gasteiger partial charge < -0.3 is 0 Å². The lowest BCUT2D eigenvalue weighted by Gasteiger charge is -1.97. The zero-order chi connectivity index (χ0) is 10.7. The van der Waals surface area contributed by atoms with Gasteiger partial charge in [0.2, 0.25) is 0 Å². The lowest BCUT2D eigenvalue weighted by Crippen LogP contribution is -1.85. The van der Waals surface area contributed by atoms with Crippen molar-refractivity contribution in [1.82, 2.24) is 9.97 Å². The molecule has 0 aliphatic carbocycles. The monoisotopic (exact) mass is 280 g/mol. The Morgan fingerprint density at radius 3 is 3.00 bits per heavy atom. The fourth-order valence-corrected chi connectivity index (χ4v) is 1.48. The van der Waals surface area contributed by atoms with Crippen molar-refractivity contribution in [3.63, 3.8) is 0 Å². The van der Waals surface area contributed by atoms with Crippen LogP contribution in [0.15, 0.2) is 24.4 Å². The average molecular weight is 282 g/mol. The summed E-state index contributed by atoms with van der Waals surface area (Å²) in [5.41, 5.74) is 2.51. The Morgan fingerprint density at radius 1 is 1.33 bits per heavy atom. The van der Waals surface area contributed by atoms with Crippen molar-refractivity contribution in [1.29, 1.82) is 0 Å². The molecule has 0 amide bonds. The number of hydrogen-bond acceptors (Lipinski definition) is 2. The third-order valence-electron chi connectivity index (χ3n) is 1.81. The largest absolute Gasteiger partial charge is 0.251 e. The zero-order valence-corrected chi connectivity index (χ0v) is 10.0. The summed E-state index contributed by atoms with van der Waals surface area (Å²) < 4.78 is 0. The summed E-state index contributed by atoms with van der Waals surface area (Å²) >= 11 is 9.00. The zero-order valence-electron chi connectivity index (χ0n) is 7.67. The molecule has 1 aromatic heterocycles. The van der Waals surface area contributed by atoms with Gasteiger partial charge in [0.25, 0.3) is 0 Å². The number of nitrogens with zero attached hydrogens (tertiary/aromatic N) is 2. The molecule has 0 aliphatic rings. The number of rotatable bonds is 0. The van der Waals surface area contributed by atoms with Gasteiger partial charge in [0, 0.05) is 5.56 Å². The predicted molar refractivity (Wildman–Crippen MR) is 65.2 cm³/mol. The van der Waals surface area contributed by atoms with Crippen LogP contribution < -0.4 is 0 Å². The minimum absolute atomic E-state index is 0.396. The van der Waals surface area contributed by atoms with E-state index in [1.807, 2.05) is 18.2 Å². The molecule has 15 heavy (non-hydrogen) atoms. The van der Waals surface area contributed by atoms with Gasteiger partial charge >= 0.3 is 0 Å². The van der Waals surface area contributed by atoms with E-state index in [1.54, 1.807) is 0 Å². The van der Waals surface area contributed by atoms with Gasteiger partial charge in [-0.15, -0.1) is 0 Å². The smallest absolute Gasteiger partial charge is 0.148 e. The van der Waals surface area contributed by atoms with Crippen molar-refractivity contribution in [2.75, 3.05) is 5.33 Å². The summed E-state index contributed by atoms with van der Waals surface area (Å²) in [5.74, 6) is 5.93. The topological polar surface area (TPSA) is 25.8 Å². The maximum Gasteiger partial charge on any atom is 0.148 e. The SMILES string of the molecule is Clc1cnc2ccc(C#CCBr)cc2n1. The molecule has 0 saturated carbocycles. The fourth-order valence-electron chi connectivity index (χ4n) is 1.20. The highest BCUT2D eigenvalue weighted by Gasteiger charge is 1.98. The Kier molecular flexibility index (Phi) is 3.20. The lowest BCUT2D eigenvalue weighted by atomic mass is 10.2. The first-order valence-corrected chi connectivity index (χ1v) is 5.76. The molecule has 2 rings (SSSR count). The van der Waals surface area contributed by atoms with Crippen LogP contribution >= 0.6 is 27.5 Å². The van der Waals surface area contributed by atoms with E-state index >= 15 is 0 Å². The predicted octanol–water partition coefficient (Wildman–Crippen LogP) is 3.03. The Balaban J connectivity index is 2.54. The van der Waals surface area contributed by atoms with E-state index in [1.165, 1.54) is 6.20 Å². The number of benzene rings is 1. The van der Waals surface area contributed by atoms with Crippen molar-refractivity contribution >= 4 is 38.6 Å². The molecule has 0 aliphatic heterocycles. The molecule has 2 aromatic rings. The maximum atomic E-state index is 5.76.